The number of rotatable bonds is 5. The zero-order chi connectivity index (χ0) is 12.9. The molecule has 2 saturated heterocycles. The quantitative estimate of drug-likeness (QED) is 0.833. The van der Waals surface area contributed by atoms with E-state index in [0.29, 0.717) is 0 Å². The maximum Gasteiger partial charge on any atom is 0.0198 e. The highest BCUT2D eigenvalue weighted by Gasteiger charge is 2.28. The summed E-state index contributed by atoms with van der Waals surface area (Å²) in [7, 11) is 0. The molecular formula is C16H24N2S. The van der Waals surface area contributed by atoms with Gasteiger partial charge in [0.15, 0.2) is 0 Å². The van der Waals surface area contributed by atoms with Gasteiger partial charge in [-0.2, -0.15) is 11.8 Å². The Morgan fingerprint density at radius 3 is 2.84 bits per heavy atom. The van der Waals surface area contributed by atoms with Crippen LogP contribution in [0.15, 0.2) is 30.3 Å². The Bertz CT molecular complexity index is 382. The summed E-state index contributed by atoms with van der Waals surface area (Å²) < 4.78 is 0. The van der Waals surface area contributed by atoms with Gasteiger partial charge in [-0.3, -0.25) is 0 Å². The molecule has 1 N–H and O–H groups in total. The van der Waals surface area contributed by atoms with Gasteiger partial charge in [0.05, 0.1) is 0 Å². The number of nitrogens with zero attached hydrogens (tertiary/aromatic N) is 1. The highest BCUT2D eigenvalue weighted by molar-refractivity contribution is 7.98. The molecule has 0 aromatic heterocycles. The molecule has 2 heterocycles. The smallest absolute Gasteiger partial charge is 0.0198 e. The lowest BCUT2D eigenvalue weighted by Gasteiger charge is -2.23. The van der Waals surface area contributed by atoms with Crippen LogP contribution in [0.3, 0.4) is 0 Å². The second-order valence-corrected chi connectivity index (χ2v) is 6.87. The summed E-state index contributed by atoms with van der Waals surface area (Å²) in [4.78, 5) is 2.66. The maximum absolute atomic E-state index is 3.75. The van der Waals surface area contributed by atoms with Crippen LogP contribution in [0.2, 0.25) is 0 Å². The molecule has 104 valence electrons. The van der Waals surface area contributed by atoms with E-state index in [0.717, 1.165) is 17.8 Å². The monoisotopic (exact) mass is 276 g/mol. The largest absolute Gasteiger partial charge is 0.310 e. The summed E-state index contributed by atoms with van der Waals surface area (Å²) in [5, 5.41) is 3.75. The van der Waals surface area contributed by atoms with Gasteiger partial charge in [0.2, 0.25) is 0 Å². The molecule has 0 saturated carbocycles. The van der Waals surface area contributed by atoms with Crippen LogP contribution in [0.4, 0.5) is 0 Å². The van der Waals surface area contributed by atoms with Gasteiger partial charge in [-0.05, 0) is 31.4 Å². The van der Waals surface area contributed by atoms with Crippen molar-refractivity contribution in [2.45, 2.75) is 37.1 Å². The van der Waals surface area contributed by atoms with Crippen molar-refractivity contribution in [3.63, 3.8) is 0 Å². The molecule has 0 amide bonds. The van der Waals surface area contributed by atoms with Gasteiger partial charge in [0.1, 0.15) is 0 Å². The fourth-order valence-corrected chi connectivity index (χ4v) is 4.14. The molecule has 19 heavy (non-hydrogen) atoms. The molecule has 2 aliphatic rings. The summed E-state index contributed by atoms with van der Waals surface area (Å²) in [6.45, 7) is 3.81. The SMILES string of the molecule is c1ccc(CSCCN2CCC3CCC(C2)N3)cc1. The van der Waals surface area contributed by atoms with Crippen LogP contribution in [0.5, 0.6) is 0 Å². The van der Waals surface area contributed by atoms with Crippen molar-refractivity contribution in [2.24, 2.45) is 0 Å². The molecule has 0 spiro atoms. The van der Waals surface area contributed by atoms with Crippen molar-refractivity contribution in [3.8, 4) is 0 Å². The molecule has 3 heteroatoms. The minimum Gasteiger partial charge on any atom is -0.310 e. The van der Waals surface area contributed by atoms with E-state index in [4.69, 9.17) is 0 Å². The Labute approximate surface area is 121 Å². The average molecular weight is 276 g/mol. The molecule has 1 aromatic carbocycles. The van der Waals surface area contributed by atoms with E-state index in [9.17, 15) is 0 Å². The van der Waals surface area contributed by atoms with Crippen LogP contribution in [-0.4, -0.2) is 42.4 Å². The number of nitrogens with one attached hydrogen (secondary N) is 1. The third-order valence-corrected chi connectivity index (χ3v) is 5.28. The van der Waals surface area contributed by atoms with Crippen LogP contribution < -0.4 is 5.32 Å². The number of hydrogen-bond donors (Lipinski definition) is 1. The first-order chi connectivity index (χ1) is 9.40. The molecule has 3 rings (SSSR count). The third-order valence-electron chi connectivity index (χ3n) is 4.27. The predicted molar refractivity (Wildman–Crippen MR) is 83.6 cm³/mol. The van der Waals surface area contributed by atoms with Crippen LogP contribution in [0.25, 0.3) is 0 Å². The Morgan fingerprint density at radius 2 is 1.95 bits per heavy atom. The molecule has 2 unspecified atom stereocenters. The highest BCUT2D eigenvalue weighted by atomic mass is 32.2. The van der Waals surface area contributed by atoms with E-state index < -0.39 is 0 Å². The van der Waals surface area contributed by atoms with Gasteiger partial charge >= 0.3 is 0 Å². The molecule has 0 aliphatic carbocycles. The minimum atomic E-state index is 0.770. The molecule has 0 radical (unpaired) electrons. The van der Waals surface area contributed by atoms with Crippen LogP contribution in [0, 0.1) is 0 Å². The number of likely N-dealkylation sites (tertiary alicyclic amines) is 1. The van der Waals surface area contributed by atoms with Gasteiger partial charge in [0, 0.05) is 36.7 Å². The average Bonchev–Trinajstić information content (AvgIpc) is 2.78. The van der Waals surface area contributed by atoms with E-state index in [1.807, 2.05) is 0 Å². The lowest BCUT2D eigenvalue weighted by Crippen LogP contribution is -2.36. The van der Waals surface area contributed by atoms with Gasteiger partial charge in [-0.15, -0.1) is 0 Å². The van der Waals surface area contributed by atoms with Crippen molar-refractivity contribution in [2.75, 3.05) is 25.4 Å². The molecule has 2 bridgehead atoms. The lowest BCUT2D eigenvalue weighted by atomic mass is 10.1. The zero-order valence-electron chi connectivity index (χ0n) is 11.6. The summed E-state index contributed by atoms with van der Waals surface area (Å²) in [5.41, 5.74) is 1.45. The van der Waals surface area contributed by atoms with Gasteiger partial charge in [-0.1, -0.05) is 30.3 Å². The van der Waals surface area contributed by atoms with Crippen molar-refractivity contribution < 1.29 is 0 Å². The van der Waals surface area contributed by atoms with Crippen LogP contribution >= 0.6 is 11.8 Å². The molecule has 2 atom stereocenters. The van der Waals surface area contributed by atoms with Crippen molar-refractivity contribution in [3.05, 3.63) is 35.9 Å². The predicted octanol–water partition coefficient (Wildman–Crippen LogP) is 2.75. The Balaban J connectivity index is 1.36. The van der Waals surface area contributed by atoms with Gasteiger partial charge in [-0.25, -0.2) is 0 Å². The van der Waals surface area contributed by atoms with Crippen molar-refractivity contribution >= 4 is 11.8 Å². The fourth-order valence-electron chi connectivity index (χ4n) is 3.18. The molecular weight excluding hydrogens is 252 g/mol. The maximum atomic E-state index is 3.75. The number of hydrogen-bond acceptors (Lipinski definition) is 3. The normalized spacial score (nSPS) is 27.4. The van der Waals surface area contributed by atoms with E-state index >= 15 is 0 Å². The van der Waals surface area contributed by atoms with Crippen LogP contribution in [0.1, 0.15) is 24.8 Å². The summed E-state index contributed by atoms with van der Waals surface area (Å²) >= 11 is 2.06. The number of thioether (sulfide) groups is 1. The number of benzene rings is 1. The number of fused-ring (bicyclic) bond motifs is 2. The third kappa shape index (κ3) is 3.98. The molecule has 1 aromatic rings. The molecule has 2 nitrogen and oxygen atoms in total. The Hall–Kier alpha value is -0.510. The zero-order valence-corrected chi connectivity index (χ0v) is 12.4. The summed E-state index contributed by atoms with van der Waals surface area (Å²) in [5.74, 6) is 2.41. The topological polar surface area (TPSA) is 15.3 Å². The highest BCUT2D eigenvalue weighted by Crippen LogP contribution is 2.20. The summed E-state index contributed by atoms with van der Waals surface area (Å²) in [6, 6.07) is 12.4. The minimum absolute atomic E-state index is 0.770. The van der Waals surface area contributed by atoms with Gasteiger partial charge in [0.25, 0.3) is 0 Å². The van der Waals surface area contributed by atoms with Crippen LogP contribution in [-0.2, 0) is 5.75 Å². The summed E-state index contributed by atoms with van der Waals surface area (Å²) in [6.07, 6.45) is 4.14. The van der Waals surface area contributed by atoms with E-state index in [1.165, 1.54) is 50.2 Å². The fraction of sp³-hybridized carbons (Fsp3) is 0.625. The standard InChI is InChI=1S/C16H24N2S/c1-2-4-14(5-3-1)13-19-11-10-18-9-8-15-6-7-16(12-18)17-15/h1-5,15-17H,6-13H2. The van der Waals surface area contributed by atoms with Crippen molar-refractivity contribution in [1.82, 2.24) is 10.2 Å². The second kappa shape index (κ2) is 6.78. The van der Waals surface area contributed by atoms with E-state index in [-0.39, 0.29) is 0 Å². The second-order valence-electron chi connectivity index (χ2n) is 5.77. The Morgan fingerprint density at radius 1 is 1.11 bits per heavy atom. The molecule has 2 aliphatic heterocycles. The van der Waals surface area contributed by atoms with E-state index in [1.54, 1.807) is 0 Å². The first-order valence-corrected chi connectivity index (χ1v) is 8.66. The Kier molecular flexibility index (Phi) is 4.81. The lowest BCUT2D eigenvalue weighted by molar-refractivity contribution is 0.274. The first-order valence-electron chi connectivity index (χ1n) is 7.50. The van der Waals surface area contributed by atoms with Gasteiger partial charge < -0.3 is 10.2 Å². The van der Waals surface area contributed by atoms with E-state index in [2.05, 4.69) is 52.3 Å². The molecule has 2 fully saturated rings. The van der Waals surface area contributed by atoms with Crippen molar-refractivity contribution in [1.29, 1.82) is 0 Å². The first kappa shape index (κ1) is 13.5.